The van der Waals surface area contributed by atoms with Gasteiger partial charge in [-0.1, -0.05) is 26.7 Å². The van der Waals surface area contributed by atoms with Gasteiger partial charge in [0.05, 0.1) is 6.54 Å². The average Bonchev–Trinajstić information content (AvgIpc) is 2.36. The zero-order chi connectivity index (χ0) is 13.4. The number of anilines is 1. The lowest BCUT2D eigenvalue weighted by molar-refractivity contribution is 0.587. The van der Waals surface area contributed by atoms with Crippen LogP contribution in [-0.4, -0.2) is 24.1 Å². The molecule has 98 valence electrons. The van der Waals surface area contributed by atoms with Gasteiger partial charge in [0.15, 0.2) is 0 Å². The number of pyridine rings is 1. The van der Waals surface area contributed by atoms with Crippen molar-refractivity contribution in [2.24, 2.45) is 0 Å². The molecule has 0 aliphatic rings. The maximum atomic E-state index is 5.45. The maximum Gasteiger partial charge on any atom is 0.0791 e. The largest absolute Gasteiger partial charge is 0.360 e. The van der Waals surface area contributed by atoms with Gasteiger partial charge in [0.25, 0.3) is 0 Å². The van der Waals surface area contributed by atoms with Crippen molar-refractivity contribution in [3.05, 3.63) is 24.0 Å². The predicted octanol–water partition coefficient (Wildman–Crippen LogP) is 2.43. The van der Waals surface area contributed by atoms with Crippen molar-refractivity contribution < 1.29 is 0 Å². The van der Waals surface area contributed by atoms with Crippen LogP contribution >= 0.6 is 0 Å². The molecule has 0 aliphatic heterocycles. The highest BCUT2D eigenvalue weighted by atomic mass is 15.1. The predicted molar refractivity (Wildman–Crippen MR) is 77.5 cm³/mol. The first-order valence-electron chi connectivity index (χ1n) is 6.53. The molecule has 0 fully saturated rings. The number of nitrogens with zero attached hydrogens (tertiary/aromatic N) is 2. The highest BCUT2D eigenvalue weighted by Gasteiger charge is 2.09. The molecular weight excluding hydrogens is 222 g/mol. The standard InChI is InChI=1S/C15H23N3/c1-5-9-18(10-6-2)15-7-8-16-11-14(15)12-17-13(3)4/h1,7-8,11,13,17H,6,9-10,12H2,2-4H3. The molecular formula is C15H23N3. The van der Waals surface area contributed by atoms with E-state index in [-0.39, 0.29) is 0 Å². The van der Waals surface area contributed by atoms with Crippen LogP contribution in [0.4, 0.5) is 5.69 Å². The summed E-state index contributed by atoms with van der Waals surface area (Å²) in [6.07, 6.45) is 10.3. The second-order valence-electron chi connectivity index (χ2n) is 4.67. The molecule has 0 bridgehead atoms. The van der Waals surface area contributed by atoms with Crippen molar-refractivity contribution in [3.8, 4) is 12.3 Å². The molecule has 0 atom stereocenters. The second-order valence-corrected chi connectivity index (χ2v) is 4.67. The Labute approximate surface area is 111 Å². The summed E-state index contributed by atoms with van der Waals surface area (Å²) in [5.74, 6) is 2.73. The van der Waals surface area contributed by atoms with Crippen LogP contribution in [0.3, 0.4) is 0 Å². The van der Waals surface area contributed by atoms with Crippen LogP contribution in [0.5, 0.6) is 0 Å². The van der Waals surface area contributed by atoms with Crippen molar-refractivity contribution in [1.82, 2.24) is 10.3 Å². The minimum atomic E-state index is 0.463. The van der Waals surface area contributed by atoms with Crippen LogP contribution in [0.25, 0.3) is 0 Å². The first-order valence-corrected chi connectivity index (χ1v) is 6.53. The van der Waals surface area contributed by atoms with Crippen LogP contribution in [0, 0.1) is 12.3 Å². The van der Waals surface area contributed by atoms with Crippen molar-refractivity contribution in [3.63, 3.8) is 0 Å². The molecule has 0 saturated carbocycles. The van der Waals surface area contributed by atoms with Crippen LogP contribution in [0.2, 0.25) is 0 Å². The van der Waals surface area contributed by atoms with E-state index in [0.717, 1.165) is 19.5 Å². The molecule has 0 aliphatic carbocycles. The molecule has 3 heteroatoms. The normalized spacial score (nSPS) is 10.4. The molecule has 0 aromatic carbocycles. The molecule has 0 amide bonds. The summed E-state index contributed by atoms with van der Waals surface area (Å²) in [5, 5.41) is 3.42. The van der Waals surface area contributed by atoms with Gasteiger partial charge in [0, 0.05) is 42.8 Å². The zero-order valence-corrected chi connectivity index (χ0v) is 11.6. The van der Waals surface area contributed by atoms with Gasteiger partial charge in [-0.3, -0.25) is 4.98 Å². The molecule has 0 saturated heterocycles. The summed E-state index contributed by atoms with van der Waals surface area (Å²) in [4.78, 5) is 6.44. The van der Waals surface area contributed by atoms with E-state index in [9.17, 15) is 0 Å². The number of terminal acetylenes is 1. The molecule has 0 spiro atoms. The molecule has 1 aromatic heterocycles. The van der Waals surface area contributed by atoms with E-state index >= 15 is 0 Å². The second kappa shape index (κ2) is 7.73. The fraction of sp³-hybridized carbons (Fsp3) is 0.533. The van der Waals surface area contributed by atoms with E-state index in [2.05, 4.69) is 41.9 Å². The Morgan fingerprint density at radius 3 is 2.89 bits per heavy atom. The fourth-order valence-corrected chi connectivity index (χ4v) is 1.84. The Morgan fingerprint density at radius 1 is 1.50 bits per heavy atom. The molecule has 0 radical (unpaired) electrons. The SMILES string of the molecule is C#CCN(CCC)c1ccncc1CNC(C)C. The van der Waals surface area contributed by atoms with E-state index in [1.54, 1.807) is 0 Å². The van der Waals surface area contributed by atoms with E-state index in [0.29, 0.717) is 12.6 Å². The van der Waals surface area contributed by atoms with Crippen LogP contribution in [-0.2, 0) is 6.54 Å². The lowest BCUT2D eigenvalue weighted by Crippen LogP contribution is -2.28. The average molecular weight is 245 g/mol. The summed E-state index contributed by atoms with van der Waals surface area (Å²) in [5.41, 5.74) is 2.40. The third kappa shape index (κ3) is 4.38. The number of rotatable bonds is 7. The molecule has 3 nitrogen and oxygen atoms in total. The minimum Gasteiger partial charge on any atom is -0.360 e. The molecule has 0 unspecified atom stereocenters. The monoisotopic (exact) mass is 245 g/mol. The quantitative estimate of drug-likeness (QED) is 0.748. The Bertz CT molecular complexity index is 393. The number of nitrogens with one attached hydrogen (secondary N) is 1. The third-order valence-electron chi connectivity index (χ3n) is 2.69. The van der Waals surface area contributed by atoms with Crippen LogP contribution < -0.4 is 10.2 Å². The summed E-state index contributed by atoms with van der Waals surface area (Å²) < 4.78 is 0. The summed E-state index contributed by atoms with van der Waals surface area (Å²) in [6.45, 7) is 8.89. The maximum absolute atomic E-state index is 5.45. The highest BCUT2D eigenvalue weighted by molar-refractivity contribution is 5.53. The molecule has 1 rings (SSSR count). The molecule has 18 heavy (non-hydrogen) atoms. The van der Waals surface area contributed by atoms with E-state index in [1.165, 1.54) is 11.3 Å². The van der Waals surface area contributed by atoms with Gasteiger partial charge in [-0.25, -0.2) is 0 Å². The Morgan fingerprint density at radius 2 is 2.28 bits per heavy atom. The fourth-order valence-electron chi connectivity index (χ4n) is 1.84. The van der Waals surface area contributed by atoms with E-state index in [1.807, 2.05) is 18.5 Å². The smallest absolute Gasteiger partial charge is 0.0791 e. The first kappa shape index (κ1) is 14.5. The van der Waals surface area contributed by atoms with Crippen molar-refractivity contribution in [2.45, 2.75) is 39.8 Å². The summed E-state index contributed by atoms with van der Waals surface area (Å²) >= 11 is 0. The van der Waals surface area contributed by atoms with Crippen molar-refractivity contribution in [1.29, 1.82) is 0 Å². The summed E-state index contributed by atoms with van der Waals surface area (Å²) in [7, 11) is 0. The summed E-state index contributed by atoms with van der Waals surface area (Å²) in [6, 6.07) is 2.51. The first-order chi connectivity index (χ1) is 8.69. The van der Waals surface area contributed by atoms with E-state index in [4.69, 9.17) is 6.42 Å². The highest BCUT2D eigenvalue weighted by Crippen LogP contribution is 2.19. The van der Waals surface area contributed by atoms with Gasteiger partial charge in [-0.2, -0.15) is 0 Å². The zero-order valence-electron chi connectivity index (χ0n) is 11.6. The Kier molecular flexibility index (Phi) is 6.24. The lowest BCUT2D eigenvalue weighted by Gasteiger charge is -2.24. The van der Waals surface area contributed by atoms with Gasteiger partial charge in [-0.15, -0.1) is 6.42 Å². The number of hydrogen-bond donors (Lipinski definition) is 1. The number of aromatic nitrogens is 1. The third-order valence-corrected chi connectivity index (χ3v) is 2.69. The van der Waals surface area contributed by atoms with Gasteiger partial charge in [-0.05, 0) is 12.5 Å². The topological polar surface area (TPSA) is 28.2 Å². The Hall–Kier alpha value is -1.53. The number of hydrogen-bond acceptors (Lipinski definition) is 3. The minimum absolute atomic E-state index is 0.463. The van der Waals surface area contributed by atoms with Crippen LogP contribution in [0.1, 0.15) is 32.8 Å². The van der Waals surface area contributed by atoms with Gasteiger partial charge in [0.2, 0.25) is 0 Å². The van der Waals surface area contributed by atoms with E-state index < -0.39 is 0 Å². The molecule has 1 heterocycles. The van der Waals surface area contributed by atoms with Gasteiger partial charge >= 0.3 is 0 Å². The van der Waals surface area contributed by atoms with Crippen molar-refractivity contribution in [2.75, 3.05) is 18.0 Å². The van der Waals surface area contributed by atoms with Crippen LogP contribution in [0.15, 0.2) is 18.5 Å². The lowest BCUT2D eigenvalue weighted by atomic mass is 10.2. The Balaban J connectivity index is 2.87. The van der Waals surface area contributed by atoms with Gasteiger partial charge < -0.3 is 10.2 Å². The van der Waals surface area contributed by atoms with Gasteiger partial charge in [0.1, 0.15) is 0 Å². The molecule has 1 N–H and O–H groups in total. The van der Waals surface area contributed by atoms with Crippen molar-refractivity contribution >= 4 is 5.69 Å². The molecule has 1 aromatic rings.